The highest BCUT2D eigenvalue weighted by Gasteiger charge is 2.24. The fourth-order valence-electron chi connectivity index (χ4n) is 3.38. The fraction of sp³-hybridized carbons (Fsp3) is 0.300. The number of aromatic nitrogens is 2. The first kappa shape index (κ1) is 15.7. The summed E-state index contributed by atoms with van der Waals surface area (Å²) in [7, 11) is 1.66. The van der Waals surface area contributed by atoms with Crippen molar-refractivity contribution in [3.05, 3.63) is 65.6 Å². The molecule has 2 aromatic heterocycles. The van der Waals surface area contributed by atoms with Crippen molar-refractivity contribution in [3.63, 3.8) is 0 Å². The molecule has 1 aromatic carbocycles. The molecule has 128 valence electrons. The number of imidazole rings is 1. The Morgan fingerprint density at radius 2 is 2.04 bits per heavy atom. The van der Waals surface area contributed by atoms with Crippen molar-refractivity contribution in [3.8, 4) is 5.75 Å². The summed E-state index contributed by atoms with van der Waals surface area (Å²) in [6.45, 7) is 1.39. The summed E-state index contributed by atoms with van der Waals surface area (Å²) < 4.78 is 7.26. The van der Waals surface area contributed by atoms with Gasteiger partial charge >= 0.3 is 0 Å². The maximum atomic E-state index is 12.6. The van der Waals surface area contributed by atoms with Crippen molar-refractivity contribution < 1.29 is 9.53 Å². The Balaban J connectivity index is 1.43. The number of benzene rings is 1. The SMILES string of the molecule is COc1ccc(CCC(=O)N2CCc3nc4ccccn4c3C2)cc1. The molecule has 3 aromatic rings. The first-order chi connectivity index (χ1) is 12.2. The quantitative estimate of drug-likeness (QED) is 0.736. The van der Waals surface area contributed by atoms with Crippen molar-refractivity contribution >= 4 is 11.6 Å². The summed E-state index contributed by atoms with van der Waals surface area (Å²) in [4.78, 5) is 19.3. The van der Waals surface area contributed by atoms with Gasteiger partial charge in [0.15, 0.2) is 0 Å². The lowest BCUT2D eigenvalue weighted by Gasteiger charge is -2.26. The molecule has 0 spiro atoms. The Bertz CT molecular complexity index is 899. The molecule has 1 amide bonds. The van der Waals surface area contributed by atoms with Crippen LogP contribution in [0.1, 0.15) is 23.4 Å². The van der Waals surface area contributed by atoms with Gasteiger partial charge in [-0.3, -0.25) is 4.79 Å². The molecule has 5 heteroatoms. The summed E-state index contributed by atoms with van der Waals surface area (Å²) >= 11 is 0. The van der Waals surface area contributed by atoms with Crippen LogP contribution in [0.15, 0.2) is 48.7 Å². The van der Waals surface area contributed by atoms with Gasteiger partial charge < -0.3 is 14.0 Å². The lowest BCUT2D eigenvalue weighted by molar-refractivity contribution is -0.132. The van der Waals surface area contributed by atoms with E-state index in [-0.39, 0.29) is 5.91 Å². The van der Waals surface area contributed by atoms with Crippen LogP contribution in [0.25, 0.3) is 5.65 Å². The molecule has 4 rings (SSSR count). The summed E-state index contributed by atoms with van der Waals surface area (Å²) in [5, 5.41) is 0. The number of methoxy groups -OCH3 is 1. The van der Waals surface area contributed by atoms with Crippen LogP contribution < -0.4 is 4.74 Å². The largest absolute Gasteiger partial charge is 0.497 e. The summed E-state index contributed by atoms with van der Waals surface area (Å²) in [6.07, 6.45) is 4.12. The highest BCUT2D eigenvalue weighted by atomic mass is 16.5. The van der Waals surface area contributed by atoms with Gasteiger partial charge in [0.25, 0.3) is 0 Å². The molecule has 5 nitrogen and oxygen atoms in total. The van der Waals surface area contributed by atoms with Gasteiger partial charge in [0.05, 0.1) is 25.0 Å². The number of hydrogen-bond donors (Lipinski definition) is 0. The van der Waals surface area contributed by atoms with E-state index in [1.165, 1.54) is 0 Å². The van der Waals surface area contributed by atoms with Crippen LogP contribution in [0.2, 0.25) is 0 Å². The Morgan fingerprint density at radius 1 is 1.20 bits per heavy atom. The third kappa shape index (κ3) is 3.09. The molecule has 0 N–H and O–H groups in total. The molecule has 25 heavy (non-hydrogen) atoms. The standard InChI is InChI=1S/C20H21N3O2/c1-25-16-8-5-15(6-9-16)7-10-20(24)22-13-11-17-18(14-22)23-12-3-2-4-19(23)21-17/h2-6,8-9,12H,7,10-11,13-14H2,1H3. The molecule has 0 radical (unpaired) electrons. The van der Waals surface area contributed by atoms with Crippen LogP contribution in [0, 0.1) is 0 Å². The van der Waals surface area contributed by atoms with E-state index in [0.717, 1.165) is 47.7 Å². The molecule has 1 aliphatic heterocycles. The number of pyridine rings is 1. The Morgan fingerprint density at radius 3 is 2.84 bits per heavy atom. The minimum atomic E-state index is 0.201. The van der Waals surface area contributed by atoms with Gasteiger partial charge in [-0.1, -0.05) is 18.2 Å². The maximum absolute atomic E-state index is 12.6. The van der Waals surface area contributed by atoms with E-state index in [2.05, 4.69) is 9.38 Å². The highest BCUT2D eigenvalue weighted by Crippen LogP contribution is 2.21. The van der Waals surface area contributed by atoms with Crippen LogP contribution in [-0.4, -0.2) is 33.8 Å². The van der Waals surface area contributed by atoms with Gasteiger partial charge in [-0.05, 0) is 36.2 Å². The number of carbonyl (C=O) groups excluding carboxylic acids is 1. The zero-order chi connectivity index (χ0) is 17.2. The topological polar surface area (TPSA) is 46.8 Å². The minimum Gasteiger partial charge on any atom is -0.497 e. The molecule has 0 saturated carbocycles. The van der Waals surface area contributed by atoms with Gasteiger partial charge in [0, 0.05) is 25.6 Å². The molecule has 3 heterocycles. The summed E-state index contributed by atoms with van der Waals surface area (Å²) in [5.74, 6) is 1.04. The summed E-state index contributed by atoms with van der Waals surface area (Å²) in [6, 6.07) is 13.9. The van der Waals surface area contributed by atoms with Crippen LogP contribution in [0.3, 0.4) is 0 Å². The van der Waals surface area contributed by atoms with Gasteiger partial charge in [-0.2, -0.15) is 0 Å². The minimum absolute atomic E-state index is 0.201. The monoisotopic (exact) mass is 335 g/mol. The van der Waals surface area contributed by atoms with Gasteiger partial charge in [-0.25, -0.2) is 4.98 Å². The molecule has 0 fully saturated rings. The highest BCUT2D eigenvalue weighted by molar-refractivity contribution is 5.76. The van der Waals surface area contributed by atoms with Crippen molar-refractivity contribution in [2.45, 2.75) is 25.8 Å². The lowest BCUT2D eigenvalue weighted by atomic mass is 10.1. The zero-order valence-corrected chi connectivity index (χ0v) is 14.3. The van der Waals surface area contributed by atoms with E-state index in [4.69, 9.17) is 4.74 Å². The van der Waals surface area contributed by atoms with Gasteiger partial charge in [-0.15, -0.1) is 0 Å². The van der Waals surface area contributed by atoms with Crippen molar-refractivity contribution in [1.82, 2.24) is 14.3 Å². The summed E-state index contributed by atoms with van der Waals surface area (Å²) in [5.41, 5.74) is 4.37. The predicted octanol–water partition coefficient (Wildman–Crippen LogP) is 2.86. The molecule has 0 saturated heterocycles. The Labute approximate surface area is 146 Å². The average molecular weight is 335 g/mol. The number of amides is 1. The van der Waals surface area contributed by atoms with Crippen molar-refractivity contribution in [1.29, 1.82) is 0 Å². The van der Waals surface area contributed by atoms with E-state index in [0.29, 0.717) is 13.0 Å². The predicted molar refractivity (Wildman–Crippen MR) is 95.6 cm³/mol. The number of rotatable bonds is 4. The third-order valence-corrected chi connectivity index (χ3v) is 4.81. The van der Waals surface area contributed by atoms with Crippen LogP contribution >= 0.6 is 0 Å². The molecule has 0 aliphatic carbocycles. The molecule has 1 aliphatic rings. The van der Waals surface area contributed by atoms with E-state index >= 15 is 0 Å². The number of hydrogen-bond acceptors (Lipinski definition) is 3. The van der Waals surface area contributed by atoms with E-state index in [1.807, 2.05) is 53.6 Å². The number of nitrogens with zero attached hydrogens (tertiary/aromatic N) is 3. The van der Waals surface area contributed by atoms with Gasteiger partial charge in [0.2, 0.25) is 5.91 Å². The molecule has 0 bridgehead atoms. The number of fused-ring (bicyclic) bond motifs is 3. The second-order valence-corrected chi connectivity index (χ2v) is 6.35. The number of ether oxygens (including phenoxy) is 1. The fourth-order valence-corrected chi connectivity index (χ4v) is 3.38. The van der Waals surface area contributed by atoms with Gasteiger partial charge in [0.1, 0.15) is 11.4 Å². The van der Waals surface area contributed by atoms with Crippen LogP contribution in [0.4, 0.5) is 0 Å². The molecule has 0 atom stereocenters. The first-order valence-corrected chi connectivity index (χ1v) is 8.60. The van der Waals surface area contributed by atoms with E-state index < -0.39 is 0 Å². The number of carbonyl (C=O) groups is 1. The molecular formula is C20H21N3O2. The van der Waals surface area contributed by atoms with E-state index in [1.54, 1.807) is 7.11 Å². The van der Waals surface area contributed by atoms with Crippen LogP contribution in [0.5, 0.6) is 5.75 Å². The van der Waals surface area contributed by atoms with E-state index in [9.17, 15) is 4.79 Å². The van der Waals surface area contributed by atoms with Crippen LogP contribution in [-0.2, 0) is 24.2 Å². The Kier molecular flexibility index (Phi) is 4.14. The Hall–Kier alpha value is -2.82. The zero-order valence-electron chi connectivity index (χ0n) is 14.3. The third-order valence-electron chi connectivity index (χ3n) is 4.81. The first-order valence-electron chi connectivity index (χ1n) is 8.60. The normalized spacial score (nSPS) is 13.7. The second kappa shape index (κ2) is 6.59. The average Bonchev–Trinajstić information content (AvgIpc) is 3.04. The smallest absolute Gasteiger partial charge is 0.223 e. The van der Waals surface area contributed by atoms with Crippen molar-refractivity contribution in [2.24, 2.45) is 0 Å². The maximum Gasteiger partial charge on any atom is 0.223 e. The molecular weight excluding hydrogens is 314 g/mol. The number of aryl methyl sites for hydroxylation is 1. The van der Waals surface area contributed by atoms with Crippen molar-refractivity contribution in [2.75, 3.05) is 13.7 Å². The lowest BCUT2D eigenvalue weighted by Crippen LogP contribution is -2.36. The molecule has 0 unspecified atom stereocenters. The second-order valence-electron chi connectivity index (χ2n) is 6.35.